The van der Waals surface area contributed by atoms with Crippen molar-refractivity contribution in [3.63, 3.8) is 0 Å². The first-order valence-corrected chi connectivity index (χ1v) is 47.7. The van der Waals surface area contributed by atoms with Gasteiger partial charge in [0.15, 0.2) is 23.3 Å². The molecule has 3 aliphatic rings. The Labute approximate surface area is 794 Å². The first-order valence-electron chi connectivity index (χ1n) is 46.5. The number of primary amides is 2. The fourth-order valence-electron chi connectivity index (χ4n) is 17.8. The molecular weight excluding hydrogens is 1770 g/mol. The zero-order valence-electron chi connectivity index (χ0n) is 78.7. The second-order valence-corrected chi connectivity index (χ2v) is 37.2. The molecular formula is C95H133N21O19S. The highest BCUT2D eigenvalue weighted by atomic mass is 32.2. The Kier molecular flexibility index (Phi) is 40.1. The lowest BCUT2D eigenvalue weighted by atomic mass is 9.87. The number of thioether (sulfide) groups is 1. The lowest BCUT2D eigenvalue weighted by Gasteiger charge is -2.36. The number of nitrogens with zero attached hydrogens (tertiary/aromatic N) is 6. The zero-order chi connectivity index (χ0) is 99.3. The molecule has 0 spiro atoms. The topological polar surface area (TPSA) is 605 Å². The number of ketones is 3. The third-order valence-corrected chi connectivity index (χ3v) is 26.4. The summed E-state index contributed by atoms with van der Waals surface area (Å²) in [6, 6.07) is 5.04. The van der Waals surface area contributed by atoms with Gasteiger partial charge in [-0.25, -0.2) is 4.98 Å². The maximum absolute atomic E-state index is 15.8. The number of rotatable bonds is 26. The summed E-state index contributed by atoms with van der Waals surface area (Å²) in [6.07, 6.45) is 3.22. The molecule has 0 aliphatic carbocycles. The van der Waals surface area contributed by atoms with Crippen LogP contribution < -0.4 is 59.7 Å². The van der Waals surface area contributed by atoms with Crippen molar-refractivity contribution in [2.45, 2.75) is 243 Å². The second-order valence-electron chi connectivity index (χ2n) is 36.2. The number of nitrogens with one attached hydrogen (secondary N) is 12. The van der Waals surface area contributed by atoms with E-state index in [2.05, 4.69) is 62.5 Å². The first kappa shape index (κ1) is 107. The van der Waals surface area contributed by atoms with E-state index in [9.17, 15) is 53.4 Å². The van der Waals surface area contributed by atoms with Crippen molar-refractivity contribution in [2.24, 2.45) is 40.9 Å². The van der Waals surface area contributed by atoms with Crippen molar-refractivity contribution >= 4 is 140 Å². The molecule has 20 N–H and O–H groups in total. The lowest BCUT2D eigenvalue weighted by Crippen LogP contribution is -2.59. The molecule has 6 aromatic rings. The van der Waals surface area contributed by atoms with Gasteiger partial charge in [-0.1, -0.05) is 120 Å². The molecule has 0 unspecified atom stereocenters. The van der Waals surface area contributed by atoms with Gasteiger partial charge in [-0.2, -0.15) is 0 Å². The van der Waals surface area contributed by atoms with Crippen LogP contribution in [0.5, 0.6) is 0 Å². The van der Waals surface area contributed by atoms with Crippen LogP contribution in [0.4, 0.5) is 0 Å². The number of aliphatic hydroxyl groups is 2. The summed E-state index contributed by atoms with van der Waals surface area (Å²) in [5.41, 5.74) is 21.2. The molecule has 15 atom stereocenters. The average Bonchev–Trinajstić information content (AvgIpc) is 1.53. The SMILES string of the molecule is CCCC[C@H]1C(=O)N(C)[C@@H](CCCC)C(=O)N[C@@H](CCCNC(=N)N)C(=O)N[C@H](C(=O)NCC(N)=O)CSCC(=O)N[C@@H](Cc2ccc(C)cc2)C(=O)N(C)[C@@H](C)C(=O)N[C@@H](CC(N)=O)C(=O)N2CCC[C@H]2C(=O)N[C@@H](Cc2cnc[nH]2)C(=O)C[C@@H](CC(C)C)C(=O)N2C[C@H](O)C[C@H]2C(=O)C[C@@H](Cc2c[nH]c3ccccc23)C(=O)N[C@@H](CO)C(=O)C[C@@H](Cc2c[nH]c3ccccc23)C(=O)N1C. The normalized spacial score (nSPS) is 24.9. The summed E-state index contributed by atoms with van der Waals surface area (Å²) in [6.45, 7) is 8.33. The van der Waals surface area contributed by atoms with Gasteiger partial charge in [0.05, 0.1) is 49.8 Å². The summed E-state index contributed by atoms with van der Waals surface area (Å²) >= 11 is 0.802. The van der Waals surface area contributed by atoms with Crippen molar-refractivity contribution in [3.05, 3.63) is 126 Å². The smallest absolute Gasteiger partial charge is 0.246 e. The predicted octanol–water partition coefficient (Wildman–Crippen LogP) is 0.946. The van der Waals surface area contributed by atoms with E-state index in [1.54, 1.807) is 73.1 Å². The van der Waals surface area contributed by atoms with Crippen molar-refractivity contribution in [3.8, 4) is 0 Å². The van der Waals surface area contributed by atoms with Gasteiger partial charge < -0.3 is 109 Å². The Balaban J connectivity index is 1.10. The van der Waals surface area contributed by atoms with E-state index in [1.165, 1.54) is 55.3 Å². The number of likely N-dealkylation sites (N-methyl/N-ethyl adjacent to an activating group) is 3. The number of carbonyl (C=O) groups is 17. The van der Waals surface area contributed by atoms with Crippen LogP contribution in [0.15, 0.2) is 97.7 Å². The van der Waals surface area contributed by atoms with Gasteiger partial charge in [0.1, 0.15) is 54.4 Å². The van der Waals surface area contributed by atoms with E-state index in [4.69, 9.17) is 22.6 Å². The number of fused-ring (bicyclic) bond motifs is 4. The Hall–Kier alpha value is -12.9. The molecule has 0 bridgehead atoms. The number of imidazole rings is 1. The summed E-state index contributed by atoms with van der Waals surface area (Å²) in [7, 11) is 4.04. The molecule has 14 amide bonds. The largest absolute Gasteiger partial charge is 0.394 e. The molecule has 738 valence electrons. The number of Topliss-reactive ketones (excluding diaryl/α,β-unsaturated/α-hetero) is 3. The number of H-pyrrole nitrogens is 3. The Morgan fingerprint density at radius 3 is 1.78 bits per heavy atom. The number of amides is 14. The van der Waals surface area contributed by atoms with E-state index in [0.717, 1.165) is 27.1 Å². The summed E-state index contributed by atoms with van der Waals surface area (Å²) in [4.78, 5) is 271. The van der Waals surface area contributed by atoms with E-state index in [-0.39, 0.29) is 103 Å². The highest BCUT2D eigenvalue weighted by Gasteiger charge is 2.47. The number of aliphatic hydroxyl groups excluding tert-OH is 2. The number of aromatic amines is 3. The fraction of sp³-hybridized carbons (Fsp3) is 0.547. The molecule has 40 nitrogen and oxygen atoms in total. The number of guanidine groups is 1. The van der Waals surface area contributed by atoms with Gasteiger partial charge in [-0.3, -0.25) is 86.9 Å². The van der Waals surface area contributed by atoms with Crippen LogP contribution >= 0.6 is 11.8 Å². The van der Waals surface area contributed by atoms with E-state index < -0.39 is 247 Å². The first-order chi connectivity index (χ1) is 64.8. The van der Waals surface area contributed by atoms with Crippen molar-refractivity contribution in [2.75, 3.05) is 65.4 Å². The lowest BCUT2D eigenvalue weighted by molar-refractivity contribution is -0.150. The molecule has 0 radical (unpaired) electrons. The molecule has 0 saturated carbocycles. The number of hydrogen-bond donors (Lipinski definition) is 17. The van der Waals surface area contributed by atoms with E-state index in [0.29, 0.717) is 69.9 Å². The fourth-order valence-corrected chi connectivity index (χ4v) is 18.6. The van der Waals surface area contributed by atoms with Crippen molar-refractivity contribution in [1.29, 1.82) is 5.41 Å². The van der Waals surface area contributed by atoms with Crippen LogP contribution in [0.3, 0.4) is 0 Å². The monoisotopic (exact) mass is 1900 g/mol. The molecule has 136 heavy (non-hydrogen) atoms. The number of benzene rings is 3. The van der Waals surface area contributed by atoms with Gasteiger partial charge in [0, 0.05) is 149 Å². The number of aromatic nitrogens is 4. The van der Waals surface area contributed by atoms with Crippen molar-refractivity contribution in [1.82, 2.24) is 87.0 Å². The highest BCUT2D eigenvalue weighted by molar-refractivity contribution is 8.00. The summed E-state index contributed by atoms with van der Waals surface area (Å²) in [5, 5.41) is 53.4. The van der Waals surface area contributed by atoms with Gasteiger partial charge in [0.2, 0.25) is 82.7 Å². The molecule has 3 fully saturated rings. The van der Waals surface area contributed by atoms with Gasteiger partial charge in [-0.05, 0) is 106 Å². The molecule has 3 aromatic heterocycles. The van der Waals surface area contributed by atoms with Gasteiger partial charge >= 0.3 is 0 Å². The van der Waals surface area contributed by atoms with Crippen LogP contribution in [-0.4, -0.2) is 299 Å². The van der Waals surface area contributed by atoms with E-state index >= 15 is 38.4 Å². The second kappa shape index (κ2) is 51.1. The van der Waals surface area contributed by atoms with Crippen LogP contribution in [-0.2, 0) is 107 Å². The number of para-hydroxylation sites is 2. The number of unbranched alkanes of at least 4 members (excludes halogenated alkanes) is 2. The Morgan fingerprint density at radius 1 is 0.574 bits per heavy atom. The molecule has 9 rings (SSSR count). The maximum Gasteiger partial charge on any atom is 0.246 e. The minimum atomic E-state index is -1.74. The molecule has 3 aromatic carbocycles. The molecule has 6 heterocycles. The number of carbonyl (C=O) groups excluding carboxylic acids is 17. The molecule has 3 aliphatic heterocycles. The quantitative estimate of drug-likeness (QED) is 0.0204. The predicted molar refractivity (Wildman–Crippen MR) is 506 cm³/mol. The number of aryl methyl sites for hydroxylation is 1. The van der Waals surface area contributed by atoms with Crippen LogP contribution in [0, 0.1) is 36.0 Å². The third-order valence-electron chi connectivity index (χ3n) is 25.4. The summed E-state index contributed by atoms with van der Waals surface area (Å²) in [5.74, 6) is -19.8. The standard InChI is InChI=1S/C95H133N21O19S/c1-10-12-25-74-88(129)107-68(24-18-32-101-95(98)99)87(128)111-73(86(127)104-47-82(97)123)50-136-51-83(124)106-70(35-56-30-28-54(5)29-31-56)92(133)112(7)55(6)84(125)109-71(43-81(96)122)93(134)115-33-19-27-75(115)89(130)108-69(41-62-46-100-52-105-62)78(119)39-58(34-53(3)4)91(132)116-48-63(118)42-77(116)80(121)38-57(36-60-44-102-66-22-16-14-20-64(60)66)85(126)110-72(49-117)79(120)40-59(37-61-45-103-67-23-17-15-21-65(61)67)90(131)114(9)76(26-13-11-2)94(135)113(74)8/h14-17,20-23,28-31,44-46,52-53,55,57-59,63,68-77,102-103,117-118H,10-13,18-19,24-27,32-43,47-51H2,1-9H3,(H2,96,122)(H2,97,123)(H,100,105)(H,104,127)(H,106,124)(H,107,129)(H,108,130)(H,109,125)(H,110,126)(H,111,128)(H4,98,99,101)/t55-,57+,58+,59+,63+,68-,69-,70-,71-,72-,73-,74-,75-,76-,77-/m0/s1. The third kappa shape index (κ3) is 29.8. The van der Waals surface area contributed by atoms with Gasteiger partial charge in [-0.15, -0.1) is 11.8 Å². The van der Waals surface area contributed by atoms with Gasteiger partial charge in [0.25, 0.3) is 0 Å². The zero-order valence-corrected chi connectivity index (χ0v) is 79.5. The average molecular weight is 1910 g/mol. The number of nitrogens with two attached hydrogens (primary N) is 3. The minimum Gasteiger partial charge on any atom is -0.394 e. The van der Waals surface area contributed by atoms with E-state index in [1.807, 2.05) is 46.8 Å². The number of hydrogen-bond acceptors (Lipinski definition) is 22. The highest BCUT2D eigenvalue weighted by Crippen LogP contribution is 2.33. The minimum absolute atomic E-state index is 0.00447. The van der Waals surface area contributed by atoms with Crippen LogP contribution in [0.25, 0.3) is 21.8 Å². The van der Waals surface area contributed by atoms with Crippen molar-refractivity contribution < 1.29 is 91.7 Å². The summed E-state index contributed by atoms with van der Waals surface area (Å²) < 4.78 is 0. The Bertz CT molecular complexity index is 5240. The van der Waals surface area contributed by atoms with Crippen LogP contribution in [0.2, 0.25) is 0 Å². The molecule has 3 saturated heterocycles. The Morgan fingerprint density at radius 2 is 1.17 bits per heavy atom. The maximum atomic E-state index is 15.8. The molecule has 41 heteroatoms. The van der Waals surface area contributed by atoms with Crippen LogP contribution in [0.1, 0.15) is 165 Å².